The smallest absolute Gasteiger partial charge is 0.331 e. The monoisotopic (exact) mass is 271 g/mol. The first-order valence-electron chi connectivity index (χ1n) is 6.12. The Morgan fingerprint density at radius 2 is 1.74 bits per heavy atom. The molecule has 6 heteroatoms. The van der Waals surface area contributed by atoms with Gasteiger partial charge in [0.25, 0.3) is 0 Å². The molecule has 0 aromatic rings. The third kappa shape index (κ3) is 7.96. The molecule has 0 aliphatic heterocycles. The van der Waals surface area contributed by atoms with E-state index in [0.717, 1.165) is 12.2 Å². The highest BCUT2D eigenvalue weighted by Gasteiger charge is 2.17. The standard InChI is InChI=1S/C13H21NO5/c1-5-11(15)14-10(9(2)3)8-19-13(17)7-6-12(16)18-4/h6-7,9-10H,5,8H2,1-4H3,(H,14,15)/b7-6+/t10-/m1/s1. The van der Waals surface area contributed by atoms with Gasteiger partial charge in [-0.25, -0.2) is 9.59 Å². The quantitative estimate of drug-likeness (QED) is 0.547. The molecule has 108 valence electrons. The topological polar surface area (TPSA) is 81.7 Å². The van der Waals surface area contributed by atoms with Gasteiger partial charge in [-0.2, -0.15) is 0 Å². The predicted molar refractivity (Wildman–Crippen MR) is 69.2 cm³/mol. The fourth-order valence-corrected chi connectivity index (χ4v) is 1.13. The summed E-state index contributed by atoms with van der Waals surface area (Å²) in [5.41, 5.74) is 0. The van der Waals surface area contributed by atoms with E-state index < -0.39 is 11.9 Å². The van der Waals surface area contributed by atoms with Crippen LogP contribution in [0.4, 0.5) is 0 Å². The van der Waals surface area contributed by atoms with Crippen LogP contribution in [0.5, 0.6) is 0 Å². The summed E-state index contributed by atoms with van der Waals surface area (Å²) >= 11 is 0. The summed E-state index contributed by atoms with van der Waals surface area (Å²) < 4.78 is 9.30. The minimum Gasteiger partial charge on any atom is -0.466 e. The van der Waals surface area contributed by atoms with E-state index in [0.29, 0.717) is 6.42 Å². The van der Waals surface area contributed by atoms with Crippen molar-refractivity contribution in [2.45, 2.75) is 33.2 Å². The summed E-state index contributed by atoms with van der Waals surface area (Å²) in [5, 5.41) is 2.77. The van der Waals surface area contributed by atoms with Gasteiger partial charge in [0.05, 0.1) is 13.2 Å². The molecule has 0 aliphatic carbocycles. The van der Waals surface area contributed by atoms with Crippen LogP contribution in [0, 0.1) is 5.92 Å². The van der Waals surface area contributed by atoms with Crippen LogP contribution in [0.2, 0.25) is 0 Å². The second-order valence-corrected chi connectivity index (χ2v) is 4.26. The van der Waals surface area contributed by atoms with Crippen LogP contribution in [0.25, 0.3) is 0 Å². The lowest BCUT2D eigenvalue weighted by atomic mass is 10.1. The van der Waals surface area contributed by atoms with Crippen molar-refractivity contribution >= 4 is 17.8 Å². The minimum atomic E-state index is -0.651. The Morgan fingerprint density at radius 1 is 1.16 bits per heavy atom. The Kier molecular flexibility index (Phi) is 8.24. The maximum atomic E-state index is 11.3. The molecule has 6 nitrogen and oxygen atoms in total. The van der Waals surface area contributed by atoms with Crippen LogP contribution in [-0.2, 0) is 23.9 Å². The molecule has 1 N–H and O–H groups in total. The predicted octanol–water partition coefficient (Wildman–Crippen LogP) is 0.810. The van der Waals surface area contributed by atoms with Crippen LogP contribution in [0.3, 0.4) is 0 Å². The molecule has 0 heterocycles. The molecule has 0 unspecified atom stereocenters. The normalized spacial score (nSPS) is 12.3. The molecule has 19 heavy (non-hydrogen) atoms. The van der Waals surface area contributed by atoms with E-state index >= 15 is 0 Å². The largest absolute Gasteiger partial charge is 0.466 e. The molecule has 0 fully saturated rings. The molecule has 0 bridgehead atoms. The number of nitrogens with one attached hydrogen (secondary N) is 1. The summed E-state index contributed by atoms with van der Waals surface area (Å²) in [6.07, 6.45) is 2.35. The van der Waals surface area contributed by atoms with E-state index in [1.165, 1.54) is 7.11 Å². The van der Waals surface area contributed by atoms with Gasteiger partial charge in [0.15, 0.2) is 0 Å². The van der Waals surface area contributed by atoms with E-state index in [9.17, 15) is 14.4 Å². The number of carbonyl (C=O) groups excluding carboxylic acids is 3. The maximum Gasteiger partial charge on any atom is 0.331 e. The highest BCUT2D eigenvalue weighted by molar-refractivity contribution is 5.91. The van der Waals surface area contributed by atoms with E-state index in [-0.39, 0.29) is 24.5 Å². The van der Waals surface area contributed by atoms with E-state index in [1.807, 2.05) is 13.8 Å². The van der Waals surface area contributed by atoms with Gasteiger partial charge in [-0.3, -0.25) is 4.79 Å². The third-order valence-corrected chi connectivity index (χ3v) is 2.43. The molecular formula is C13H21NO5. The summed E-state index contributed by atoms with van der Waals surface area (Å²) in [5.74, 6) is -1.24. The molecule has 0 radical (unpaired) electrons. The van der Waals surface area contributed by atoms with Crippen LogP contribution in [0.15, 0.2) is 12.2 Å². The highest BCUT2D eigenvalue weighted by Crippen LogP contribution is 2.03. The average Bonchev–Trinajstić information content (AvgIpc) is 2.39. The molecule has 0 spiro atoms. The zero-order valence-electron chi connectivity index (χ0n) is 11.8. The Labute approximate surface area is 113 Å². The first-order chi connectivity index (χ1) is 8.90. The van der Waals surface area contributed by atoms with Gasteiger partial charge in [-0.1, -0.05) is 20.8 Å². The van der Waals surface area contributed by atoms with Crippen molar-refractivity contribution in [3.63, 3.8) is 0 Å². The number of methoxy groups -OCH3 is 1. The number of rotatable bonds is 7. The number of hydrogen-bond donors (Lipinski definition) is 1. The van der Waals surface area contributed by atoms with Crippen molar-refractivity contribution in [2.75, 3.05) is 13.7 Å². The van der Waals surface area contributed by atoms with Crippen molar-refractivity contribution in [2.24, 2.45) is 5.92 Å². The summed E-state index contributed by atoms with van der Waals surface area (Å²) in [4.78, 5) is 33.4. The average molecular weight is 271 g/mol. The molecule has 0 rings (SSSR count). The second-order valence-electron chi connectivity index (χ2n) is 4.26. The lowest BCUT2D eigenvalue weighted by molar-refractivity contribution is -0.140. The minimum absolute atomic E-state index is 0.0632. The van der Waals surface area contributed by atoms with Gasteiger partial charge in [0.2, 0.25) is 5.91 Å². The van der Waals surface area contributed by atoms with Gasteiger partial charge in [0.1, 0.15) is 6.61 Å². The fourth-order valence-electron chi connectivity index (χ4n) is 1.13. The maximum absolute atomic E-state index is 11.3. The van der Waals surface area contributed by atoms with Crippen molar-refractivity contribution in [1.29, 1.82) is 0 Å². The van der Waals surface area contributed by atoms with Crippen molar-refractivity contribution in [3.8, 4) is 0 Å². The van der Waals surface area contributed by atoms with Crippen molar-refractivity contribution in [1.82, 2.24) is 5.32 Å². The van der Waals surface area contributed by atoms with Crippen molar-refractivity contribution < 1.29 is 23.9 Å². The Bertz CT molecular complexity index is 349. The highest BCUT2D eigenvalue weighted by atomic mass is 16.5. The summed E-state index contributed by atoms with van der Waals surface area (Å²) in [6, 6.07) is -0.247. The van der Waals surface area contributed by atoms with Gasteiger partial charge in [0, 0.05) is 18.6 Å². The van der Waals surface area contributed by atoms with Crippen LogP contribution >= 0.6 is 0 Å². The molecule has 0 aromatic heterocycles. The zero-order valence-corrected chi connectivity index (χ0v) is 11.8. The Hall–Kier alpha value is -1.85. The van der Waals surface area contributed by atoms with E-state index in [4.69, 9.17) is 4.74 Å². The number of hydrogen-bond acceptors (Lipinski definition) is 5. The number of ether oxygens (including phenoxy) is 2. The first kappa shape index (κ1) is 17.2. The Morgan fingerprint density at radius 3 is 2.21 bits per heavy atom. The Balaban J connectivity index is 4.25. The molecule has 0 aromatic carbocycles. The zero-order chi connectivity index (χ0) is 14.8. The van der Waals surface area contributed by atoms with Gasteiger partial charge < -0.3 is 14.8 Å². The molecular weight excluding hydrogens is 250 g/mol. The first-order valence-corrected chi connectivity index (χ1v) is 6.12. The molecule has 0 saturated heterocycles. The molecule has 1 atom stereocenters. The molecule has 0 saturated carbocycles. The van der Waals surface area contributed by atoms with E-state index in [2.05, 4.69) is 10.1 Å². The lowest BCUT2D eigenvalue weighted by Gasteiger charge is -2.21. The van der Waals surface area contributed by atoms with Crippen molar-refractivity contribution in [3.05, 3.63) is 12.2 Å². The summed E-state index contributed by atoms with van der Waals surface area (Å²) in [6.45, 7) is 5.64. The molecule has 0 aliphatic rings. The number of carbonyl (C=O) groups is 3. The van der Waals surface area contributed by atoms with Crippen LogP contribution in [0.1, 0.15) is 27.2 Å². The lowest BCUT2D eigenvalue weighted by Crippen LogP contribution is -2.42. The SMILES string of the molecule is CCC(=O)N[C@H](COC(=O)/C=C/C(=O)OC)C(C)C. The number of esters is 2. The number of amides is 1. The molecule has 1 amide bonds. The fraction of sp³-hybridized carbons (Fsp3) is 0.615. The van der Waals surface area contributed by atoms with Crippen LogP contribution in [-0.4, -0.2) is 37.6 Å². The summed E-state index contributed by atoms with van der Waals surface area (Å²) in [7, 11) is 1.22. The van der Waals surface area contributed by atoms with Gasteiger partial charge >= 0.3 is 11.9 Å². The van der Waals surface area contributed by atoms with Crippen LogP contribution < -0.4 is 5.32 Å². The second kappa shape index (κ2) is 9.13. The van der Waals surface area contributed by atoms with E-state index in [1.54, 1.807) is 6.92 Å². The van der Waals surface area contributed by atoms with Gasteiger partial charge in [-0.15, -0.1) is 0 Å². The third-order valence-electron chi connectivity index (χ3n) is 2.43. The van der Waals surface area contributed by atoms with Gasteiger partial charge in [-0.05, 0) is 5.92 Å².